The quantitative estimate of drug-likeness (QED) is 0.859. The molecule has 0 saturated heterocycles. The molecular weight excluding hydrogens is 237 g/mol. The number of benzene rings is 1. The van der Waals surface area contributed by atoms with Crippen LogP contribution in [0.4, 0.5) is 13.2 Å². The third kappa shape index (κ3) is 2.30. The Morgan fingerprint density at radius 3 is 2.41 bits per heavy atom. The number of methoxy groups -OCH3 is 1. The fourth-order valence-corrected chi connectivity index (χ4v) is 1.39. The van der Waals surface area contributed by atoms with Gasteiger partial charge in [0, 0.05) is 0 Å². The molecule has 1 amide bonds. The number of alkyl halides is 3. The van der Waals surface area contributed by atoms with Crippen molar-refractivity contribution in [1.82, 2.24) is 0 Å². The summed E-state index contributed by atoms with van der Waals surface area (Å²) in [6.07, 6.45) is -4.86. The number of amides is 1. The van der Waals surface area contributed by atoms with Gasteiger partial charge in [0.2, 0.25) is 0 Å². The zero-order valence-electron chi connectivity index (χ0n) is 8.63. The molecule has 0 spiro atoms. The highest BCUT2D eigenvalue weighted by molar-refractivity contribution is 5.98. The largest absolute Gasteiger partial charge is 0.496 e. The van der Waals surface area contributed by atoms with Crippen molar-refractivity contribution in [3.05, 3.63) is 28.8 Å². The summed E-state index contributed by atoms with van der Waals surface area (Å²) in [5.74, 6) is -1.62. The van der Waals surface area contributed by atoms with Gasteiger partial charge in [-0.1, -0.05) is 0 Å². The van der Waals surface area contributed by atoms with Crippen LogP contribution in [0.25, 0.3) is 0 Å². The highest BCUT2D eigenvalue weighted by Gasteiger charge is 2.39. The Bertz CT molecular complexity index is 503. The number of hydrogen-bond acceptors (Lipinski definition) is 3. The maximum Gasteiger partial charge on any atom is 0.418 e. The van der Waals surface area contributed by atoms with Gasteiger partial charge in [-0.05, 0) is 12.1 Å². The van der Waals surface area contributed by atoms with Crippen molar-refractivity contribution in [2.75, 3.05) is 7.11 Å². The molecule has 0 aliphatic rings. The van der Waals surface area contributed by atoms with Gasteiger partial charge in [0.25, 0.3) is 5.91 Å². The van der Waals surface area contributed by atoms with Crippen molar-refractivity contribution in [3.8, 4) is 11.8 Å². The Hall–Kier alpha value is -2.23. The number of halogens is 3. The Labute approximate surface area is 94.4 Å². The first-order valence-electron chi connectivity index (χ1n) is 4.31. The highest BCUT2D eigenvalue weighted by atomic mass is 19.4. The summed E-state index contributed by atoms with van der Waals surface area (Å²) in [5, 5.41) is 8.61. The third-order valence-electron chi connectivity index (χ3n) is 2.04. The van der Waals surface area contributed by atoms with Crippen molar-refractivity contribution in [1.29, 1.82) is 5.26 Å². The molecule has 0 fully saturated rings. The monoisotopic (exact) mass is 244 g/mol. The molecule has 0 bridgehead atoms. The van der Waals surface area contributed by atoms with Crippen molar-refractivity contribution < 1.29 is 22.7 Å². The lowest BCUT2D eigenvalue weighted by atomic mass is 9.99. The predicted octanol–water partition coefficient (Wildman–Crippen LogP) is 1.68. The topological polar surface area (TPSA) is 76.1 Å². The predicted molar refractivity (Wildman–Crippen MR) is 51.2 cm³/mol. The van der Waals surface area contributed by atoms with Gasteiger partial charge in [0.1, 0.15) is 5.75 Å². The van der Waals surface area contributed by atoms with Crippen molar-refractivity contribution in [2.24, 2.45) is 5.73 Å². The molecule has 1 aromatic rings. The molecular formula is C10H7F3N2O2. The molecule has 7 heteroatoms. The van der Waals surface area contributed by atoms with E-state index in [1.165, 1.54) is 6.07 Å². The smallest absolute Gasteiger partial charge is 0.418 e. The number of carbonyl (C=O) groups is 1. The van der Waals surface area contributed by atoms with E-state index in [1.807, 2.05) is 0 Å². The van der Waals surface area contributed by atoms with E-state index in [4.69, 9.17) is 11.0 Å². The van der Waals surface area contributed by atoms with Gasteiger partial charge in [-0.25, -0.2) is 0 Å². The maximum atomic E-state index is 12.8. The molecule has 17 heavy (non-hydrogen) atoms. The van der Waals surface area contributed by atoms with Crippen LogP contribution < -0.4 is 10.5 Å². The fourth-order valence-electron chi connectivity index (χ4n) is 1.39. The summed E-state index contributed by atoms with van der Waals surface area (Å²) in [6, 6.07) is 3.38. The molecule has 0 radical (unpaired) electrons. The third-order valence-corrected chi connectivity index (χ3v) is 2.04. The van der Waals surface area contributed by atoms with E-state index in [0.717, 1.165) is 19.2 Å². The summed E-state index contributed by atoms with van der Waals surface area (Å²) in [5.41, 5.74) is 2.01. The number of primary amides is 1. The SMILES string of the molecule is COc1ccc(C#N)c(C(F)(F)F)c1C(N)=O. The van der Waals surface area contributed by atoms with E-state index in [2.05, 4.69) is 4.74 Å². The van der Waals surface area contributed by atoms with Crippen molar-refractivity contribution in [3.63, 3.8) is 0 Å². The lowest BCUT2D eigenvalue weighted by molar-refractivity contribution is -0.138. The van der Waals surface area contributed by atoms with E-state index in [0.29, 0.717) is 0 Å². The normalized spacial score (nSPS) is 10.8. The van der Waals surface area contributed by atoms with Gasteiger partial charge < -0.3 is 10.5 Å². The lowest BCUT2D eigenvalue weighted by Gasteiger charge is -2.15. The number of hydrogen-bond donors (Lipinski definition) is 1. The van der Waals surface area contributed by atoms with Crippen LogP contribution in [0.2, 0.25) is 0 Å². The van der Waals surface area contributed by atoms with Gasteiger partial charge in [-0.15, -0.1) is 0 Å². The van der Waals surface area contributed by atoms with E-state index < -0.39 is 28.8 Å². The molecule has 0 saturated carbocycles. The highest BCUT2D eigenvalue weighted by Crippen LogP contribution is 2.38. The average Bonchev–Trinajstić information content (AvgIpc) is 2.25. The maximum absolute atomic E-state index is 12.8. The standard InChI is InChI=1S/C10H7F3N2O2/c1-17-6-3-2-5(4-14)8(10(11,12)13)7(6)9(15)16/h2-3H,1H3,(H2,15,16). The van der Waals surface area contributed by atoms with Gasteiger partial charge >= 0.3 is 6.18 Å². The zero-order chi connectivity index (χ0) is 13.2. The van der Waals surface area contributed by atoms with Gasteiger partial charge in [0.05, 0.1) is 29.9 Å². The number of nitrogens with two attached hydrogens (primary N) is 1. The van der Waals surface area contributed by atoms with E-state index in [1.54, 1.807) is 0 Å². The summed E-state index contributed by atoms with van der Waals surface area (Å²) < 4.78 is 42.9. The summed E-state index contributed by atoms with van der Waals surface area (Å²) in [4.78, 5) is 11.0. The number of nitriles is 1. The Kier molecular flexibility index (Phi) is 3.27. The molecule has 0 unspecified atom stereocenters. The molecule has 0 aliphatic carbocycles. The first kappa shape index (κ1) is 12.8. The van der Waals surface area contributed by atoms with E-state index in [9.17, 15) is 18.0 Å². The fraction of sp³-hybridized carbons (Fsp3) is 0.200. The first-order chi connectivity index (χ1) is 7.82. The summed E-state index contributed by atoms with van der Waals surface area (Å²) in [6.45, 7) is 0. The molecule has 0 atom stereocenters. The number of nitrogens with zero attached hydrogens (tertiary/aromatic N) is 1. The van der Waals surface area contributed by atoms with Gasteiger partial charge in [0.15, 0.2) is 0 Å². The molecule has 4 nitrogen and oxygen atoms in total. The van der Waals surface area contributed by atoms with Crippen LogP contribution in [-0.2, 0) is 6.18 Å². The molecule has 90 valence electrons. The minimum Gasteiger partial charge on any atom is -0.496 e. The van der Waals surface area contributed by atoms with Crippen LogP contribution >= 0.6 is 0 Å². The van der Waals surface area contributed by atoms with Crippen LogP contribution in [0.3, 0.4) is 0 Å². The second kappa shape index (κ2) is 4.33. The van der Waals surface area contributed by atoms with Gasteiger partial charge in [-0.3, -0.25) is 4.79 Å². The van der Waals surface area contributed by atoms with Crippen LogP contribution in [0, 0.1) is 11.3 Å². The summed E-state index contributed by atoms with van der Waals surface area (Å²) >= 11 is 0. The number of rotatable bonds is 2. The summed E-state index contributed by atoms with van der Waals surface area (Å²) in [7, 11) is 1.11. The van der Waals surface area contributed by atoms with Crippen LogP contribution in [0.15, 0.2) is 12.1 Å². The molecule has 0 aromatic heterocycles. The molecule has 2 N–H and O–H groups in total. The van der Waals surface area contributed by atoms with Crippen LogP contribution in [-0.4, -0.2) is 13.0 Å². The first-order valence-corrected chi connectivity index (χ1v) is 4.31. The van der Waals surface area contributed by atoms with Crippen LogP contribution in [0.5, 0.6) is 5.75 Å². The minimum absolute atomic E-state index is 0.316. The van der Waals surface area contributed by atoms with Gasteiger partial charge in [-0.2, -0.15) is 18.4 Å². The number of carbonyl (C=O) groups excluding carboxylic acids is 1. The average molecular weight is 244 g/mol. The van der Waals surface area contributed by atoms with Crippen LogP contribution in [0.1, 0.15) is 21.5 Å². The molecule has 1 rings (SSSR count). The van der Waals surface area contributed by atoms with E-state index >= 15 is 0 Å². The lowest BCUT2D eigenvalue weighted by Crippen LogP contribution is -2.21. The second-order valence-corrected chi connectivity index (χ2v) is 3.04. The Morgan fingerprint density at radius 2 is 2.06 bits per heavy atom. The second-order valence-electron chi connectivity index (χ2n) is 3.04. The zero-order valence-corrected chi connectivity index (χ0v) is 8.63. The Morgan fingerprint density at radius 1 is 1.47 bits per heavy atom. The molecule has 0 aliphatic heterocycles. The molecule has 0 heterocycles. The van der Waals surface area contributed by atoms with Crippen molar-refractivity contribution in [2.45, 2.75) is 6.18 Å². The Balaban J connectivity index is 3.73. The van der Waals surface area contributed by atoms with Crippen molar-refractivity contribution >= 4 is 5.91 Å². The van der Waals surface area contributed by atoms with E-state index in [-0.39, 0.29) is 5.75 Å². The minimum atomic E-state index is -4.86. The number of ether oxygens (including phenoxy) is 1. The molecule has 1 aromatic carbocycles.